The first-order valence-electron chi connectivity index (χ1n) is 7.63. The first-order chi connectivity index (χ1) is 12.1. The molecule has 1 aliphatic rings. The number of phenolic OH excluding ortho intramolecular Hbond substituents is 1. The number of aliphatic imine (C=N–C) groups is 1. The van der Waals surface area contributed by atoms with Crippen molar-refractivity contribution in [2.45, 2.75) is 13.3 Å². The molecule has 1 amide bonds. The third kappa shape index (κ3) is 3.97. The van der Waals surface area contributed by atoms with Gasteiger partial charge in [0.25, 0.3) is 5.91 Å². The number of hydrogen-bond acceptors (Lipinski definition) is 7. The number of amidine groups is 1. The fraction of sp³-hybridized carbons (Fsp3) is 0.176. The van der Waals surface area contributed by atoms with Crippen LogP contribution in [-0.2, 0) is 11.2 Å². The molecule has 1 aliphatic heterocycles. The van der Waals surface area contributed by atoms with E-state index in [4.69, 9.17) is 0 Å². The van der Waals surface area contributed by atoms with Gasteiger partial charge < -0.3 is 5.11 Å². The number of carbonyl (C=O) groups is 1. The molecular weight excluding hydrogens is 356 g/mol. The molecular formula is C17H16N4O2S2. The summed E-state index contributed by atoms with van der Waals surface area (Å²) in [4.78, 5) is 19.3. The predicted molar refractivity (Wildman–Crippen MR) is 102 cm³/mol. The van der Waals surface area contributed by atoms with E-state index in [9.17, 15) is 9.90 Å². The molecule has 1 N–H and O–H groups in total. The molecule has 0 atom stereocenters. The molecule has 0 unspecified atom stereocenters. The van der Waals surface area contributed by atoms with Gasteiger partial charge in [0.05, 0.1) is 4.91 Å². The van der Waals surface area contributed by atoms with Crippen LogP contribution in [0.25, 0.3) is 6.08 Å². The van der Waals surface area contributed by atoms with E-state index >= 15 is 0 Å². The van der Waals surface area contributed by atoms with Crippen molar-refractivity contribution in [1.82, 2.24) is 15.1 Å². The number of aryl methyl sites for hydroxylation is 1. The van der Waals surface area contributed by atoms with Crippen LogP contribution in [0.5, 0.6) is 5.75 Å². The highest BCUT2D eigenvalue weighted by Gasteiger charge is 2.32. The van der Waals surface area contributed by atoms with E-state index in [1.54, 1.807) is 41.3 Å². The van der Waals surface area contributed by atoms with Crippen molar-refractivity contribution in [3.63, 3.8) is 0 Å². The summed E-state index contributed by atoms with van der Waals surface area (Å²) in [6, 6.07) is 6.67. The molecule has 8 heteroatoms. The van der Waals surface area contributed by atoms with Crippen LogP contribution in [-0.4, -0.2) is 37.8 Å². The van der Waals surface area contributed by atoms with Gasteiger partial charge in [-0.15, -0.1) is 16.8 Å². The van der Waals surface area contributed by atoms with E-state index in [-0.39, 0.29) is 11.7 Å². The number of thioether (sulfide) groups is 1. The molecule has 2 aromatic rings. The average Bonchev–Trinajstić information content (AvgIpc) is 3.17. The molecule has 1 fully saturated rings. The molecule has 3 rings (SSSR count). The highest BCUT2D eigenvalue weighted by atomic mass is 32.2. The van der Waals surface area contributed by atoms with Crippen LogP contribution >= 0.6 is 23.1 Å². The molecule has 1 saturated heterocycles. The van der Waals surface area contributed by atoms with E-state index in [1.165, 1.54) is 23.1 Å². The Kier molecular flexibility index (Phi) is 5.30. The van der Waals surface area contributed by atoms with Gasteiger partial charge >= 0.3 is 0 Å². The molecule has 0 spiro atoms. The maximum absolute atomic E-state index is 12.7. The number of hydrogen-bond donors (Lipinski definition) is 1. The molecule has 128 valence electrons. The normalized spacial score (nSPS) is 17.6. The van der Waals surface area contributed by atoms with Crippen LogP contribution in [0, 0.1) is 0 Å². The summed E-state index contributed by atoms with van der Waals surface area (Å²) in [7, 11) is 0. The summed E-state index contributed by atoms with van der Waals surface area (Å²) >= 11 is 2.71. The first-order valence-corrected chi connectivity index (χ1v) is 9.26. The van der Waals surface area contributed by atoms with Gasteiger partial charge in [0, 0.05) is 6.54 Å². The topological polar surface area (TPSA) is 78.7 Å². The van der Waals surface area contributed by atoms with Gasteiger partial charge in [-0.25, -0.2) is 0 Å². The van der Waals surface area contributed by atoms with E-state index in [0.29, 0.717) is 21.7 Å². The van der Waals surface area contributed by atoms with Crippen molar-refractivity contribution in [2.75, 3.05) is 6.54 Å². The standard InChI is InChI=1S/C17H16N4O2S2/c1-3-9-21-15(23)13(10-11-5-7-12(22)8-6-11)24-17(21)18-16-20-19-14(4-2)25-16/h3,5-8,10,22H,1,4,9H2,2H3/b13-10+,18-17?. The highest BCUT2D eigenvalue weighted by molar-refractivity contribution is 8.18. The summed E-state index contributed by atoms with van der Waals surface area (Å²) in [5, 5.41) is 19.5. The zero-order valence-corrected chi connectivity index (χ0v) is 15.2. The lowest BCUT2D eigenvalue weighted by Gasteiger charge is -2.11. The Morgan fingerprint density at radius 2 is 2.08 bits per heavy atom. The summed E-state index contributed by atoms with van der Waals surface area (Å²) in [6.45, 7) is 6.09. The molecule has 25 heavy (non-hydrogen) atoms. The van der Waals surface area contributed by atoms with Crippen molar-refractivity contribution < 1.29 is 9.90 Å². The molecule has 0 bridgehead atoms. The number of carbonyl (C=O) groups excluding carboxylic acids is 1. The van der Waals surface area contributed by atoms with E-state index in [0.717, 1.165) is 17.0 Å². The number of nitrogens with zero attached hydrogens (tertiary/aromatic N) is 4. The smallest absolute Gasteiger partial charge is 0.267 e. The van der Waals surface area contributed by atoms with Gasteiger partial charge in [-0.3, -0.25) is 9.69 Å². The average molecular weight is 372 g/mol. The number of rotatable bonds is 5. The highest BCUT2D eigenvalue weighted by Crippen LogP contribution is 2.34. The van der Waals surface area contributed by atoms with Gasteiger partial charge in [-0.2, -0.15) is 4.99 Å². The first kappa shape index (κ1) is 17.4. The van der Waals surface area contributed by atoms with Gasteiger partial charge in [-0.05, 0) is 42.0 Å². The second-order valence-corrected chi connectivity index (χ2v) is 7.18. The Hall–Kier alpha value is -2.45. The van der Waals surface area contributed by atoms with E-state index in [1.807, 2.05) is 6.92 Å². The Labute approximate surface area is 153 Å². The van der Waals surface area contributed by atoms with Crippen molar-refractivity contribution in [3.8, 4) is 5.75 Å². The Bertz CT molecular complexity index is 856. The van der Waals surface area contributed by atoms with Crippen molar-refractivity contribution in [1.29, 1.82) is 0 Å². The summed E-state index contributed by atoms with van der Waals surface area (Å²) < 4.78 is 0. The number of aromatic hydroxyl groups is 1. The number of amides is 1. The minimum absolute atomic E-state index is 0.128. The minimum Gasteiger partial charge on any atom is -0.508 e. The monoisotopic (exact) mass is 372 g/mol. The maximum atomic E-state index is 12.7. The fourth-order valence-electron chi connectivity index (χ4n) is 2.12. The summed E-state index contributed by atoms with van der Waals surface area (Å²) in [5.74, 6) is 0.0584. The Morgan fingerprint density at radius 1 is 1.32 bits per heavy atom. The maximum Gasteiger partial charge on any atom is 0.267 e. The van der Waals surface area contributed by atoms with Gasteiger partial charge in [0.1, 0.15) is 10.8 Å². The molecule has 6 nitrogen and oxygen atoms in total. The lowest BCUT2D eigenvalue weighted by Crippen LogP contribution is -2.29. The largest absolute Gasteiger partial charge is 0.508 e. The summed E-state index contributed by atoms with van der Waals surface area (Å²) in [5.41, 5.74) is 0.831. The predicted octanol–water partition coefficient (Wildman–Crippen LogP) is 3.60. The van der Waals surface area contributed by atoms with E-state index < -0.39 is 0 Å². The van der Waals surface area contributed by atoms with Crippen LogP contribution in [0.1, 0.15) is 17.5 Å². The van der Waals surface area contributed by atoms with Crippen molar-refractivity contribution in [2.24, 2.45) is 4.99 Å². The van der Waals surface area contributed by atoms with Crippen LogP contribution in [0.4, 0.5) is 5.13 Å². The van der Waals surface area contributed by atoms with Crippen molar-refractivity contribution in [3.05, 3.63) is 52.4 Å². The van der Waals surface area contributed by atoms with Gasteiger partial charge in [0.15, 0.2) is 5.17 Å². The SMILES string of the molecule is C=CCN1C(=O)/C(=C\c2ccc(O)cc2)SC1=Nc1nnc(CC)s1. The Morgan fingerprint density at radius 3 is 2.72 bits per heavy atom. The third-order valence-electron chi connectivity index (χ3n) is 3.34. The second-order valence-electron chi connectivity index (χ2n) is 5.13. The molecule has 0 saturated carbocycles. The second kappa shape index (κ2) is 7.62. The fourth-order valence-corrected chi connectivity index (χ4v) is 3.82. The lowest BCUT2D eigenvalue weighted by atomic mass is 10.2. The summed E-state index contributed by atoms with van der Waals surface area (Å²) in [6.07, 6.45) is 4.24. The van der Waals surface area contributed by atoms with Gasteiger partial charge in [-0.1, -0.05) is 36.5 Å². The van der Waals surface area contributed by atoms with Crippen LogP contribution < -0.4 is 0 Å². The molecule has 1 aromatic carbocycles. The van der Waals surface area contributed by atoms with Crippen LogP contribution in [0.2, 0.25) is 0 Å². The van der Waals surface area contributed by atoms with Crippen molar-refractivity contribution >= 4 is 45.4 Å². The van der Waals surface area contributed by atoms with Crippen LogP contribution in [0.15, 0.2) is 46.8 Å². The van der Waals surface area contributed by atoms with Gasteiger partial charge in [0.2, 0.25) is 5.13 Å². The molecule has 0 radical (unpaired) electrons. The molecule has 1 aromatic heterocycles. The number of aromatic nitrogens is 2. The minimum atomic E-state index is -0.128. The number of benzene rings is 1. The zero-order valence-electron chi connectivity index (χ0n) is 13.5. The molecule has 2 heterocycles. The quantitative estimate of drug-likeness (QED) is 0.641. The van der Waals surface area contributed by atoms with E-state index in [2.05, 4.69) is 21.8 Å². The zero-order chi connectivity index (χ0) is 17.8. The number of phenols is 1. The Balaban J connectivity index is 1.91. The van der Waals surface area contributed by atoms with Crippen LogP contribution in [0.3, 0.4) is 0 Å². The lowest BCUT2D eigenvalue weighted by molar-refractivity contribution is -0.121. The third-order valence-corrected chi connectivity index (χ3v) is 5.31. The molecule has 0 aliphatic carbocycles.